The topological polar surface area (TPSA) is 9.23 Å². The zero-order chi connectivity index (χ0) is 12.3. The van der Waals surface area contributed by atoms with Crippen molar-refractivity contribution in [2.75, 3.05) is 0 Å². The van der Waals surface area contributed by atoms with Gasteiger partial charge in [-0.3, -0.25) is 0 Å². The van der Waals surface area contributed by atoms with Crippen LogP contribution in [0.1, 0.15) is 39.0 Å². The van der Waals surface area contributed by atoms with E-state index in [9.17, 15) is 0 Å². The monoisotopic (exact) mass is 316 g/mol. The molecule has 2 unspecified atom stereocenters. The molecule has 0 aromatic heterocycles. The Kier molecular flexibility index (Phi) is 4.75. The number of benzene rings is 1. The van der Waals surface area contributed by atoms with E-state index < -0.39 is 0 Å². The van der Waals surface area contributed by atoms with Gasteiger partial charge in [-0.2, -0.15) is 0 Å². The van der Waals surface area contributed by atoms with E-state index in [1.807, 2.05) is 18.2 Å². The molecule has 1 nitrogen and oxygen atoms in total. The predicted molar refractivity (Wildman–Crippen MR) is 75.8 cm³/mol. The summed E-state index contributed by atoms with van der Waals surface area (Å²) in [5, 5.41) is 0.701. The molecule has 94 valence electrons. The van der Waals surface area contributed by atoms with Crippen molar-refractivity contribution < 1.29 is 4.74 Å². The van der Waals surface area contributed by atoms with Gasteiger partial charge in [0.25, 0.3) is 0 Å². The predicted octanol–water partition coefficient (Wildman–Crippen LogP) is 5.45. The van der Waals surface area contributed by atoms with Gasteiger partial charge in [-0.05, 0) is 43.4 Å². The zero-order valence-corrected chi connectivity index (χ0v) is 12.4. The lowest BCUT2D eigenvalue weighted by atomic mass is 9.85. The SMILES string of the molecule is CCC1CCCC(Oc2cc(Br)ccc2Cl)C1. The van der Waals surface area contributed by atoms with Gasteiger partial charge in [-0.15, -0.1) is 0 Å². The summed E-state index contributed by atoms with van der Waals surface area (Å²) in [5.41, 5.74) is 0. The number of hydrogen-bond donors (Lipinski definition) is 0. The Bertz CT molecular complexity index is 380. The molecule has 0 radical (unpaired) electrons. The van der Waals surface area contributed by atoms with Crippen LogP contribution >= 0.6 is 27.5 Å². The van der Waals surface area contributed by atoms with E-state index in [1.165, 1.54) is 25.7 Å². The zero-order valence-electron chi connectivity index (χ0n) is 10.1. The second-order valence-electron chi connectivity index (χ2n) is 4.76. The Balaban J connectivity index is 2.02. The minimum absolute atomic E-state index is 0.334. The normalized spacial score (nSPS) is 24.6. The van der Waals surface area contributed by atoms with Crippen molar-refractivity contribution in [1.29, 1.82) is 0 Å². The highest BCUT2D eigenvalue weighted by Crippen LogP contribution is 2.33. The lowest BCUT2D eigenvalue weighted by molar-refractivity contribution is 0.122. The molecular formula is C14H18BrClO. The van der Waals surface area contributed by atoms with Crippen LogP contribution in [0.4, 0.5) is 0 Å². The molecular weight excluding hydrogens is 300 g/mol. The fraction of sp³-hybridized carbons (Fsp3) is 0.571. The summed E-state index contributed by atoms with van der Waals surface area (Å²) in [6.07, 6.45) is 6.53. The fourth-order valence-electron chi connectivity index (χ4n) is 2.47. The van der Waals surface area contributed by atoms with Crippen LogP contribution in [0, 0.1) is 5.92 Å². The number of ether oxygens (including phenoxy) is 1. The van der Waals surface area contributed by atoms with Crippen LogP contribution < -0.4 is 4.74 Å². The molecule has 0 aliphatic heterocycles. The molecule has 1 aliphatic carbocycles. The van der Waals surface area contributed by atoms with Gasteiger partial charge in [0.1, 0.15) is 5.75 Å². The molecule has 0 spiro atoms. The van der Waals surface area contributed by atoms with Gasteiger partial charge in [0.2, 0.25) is 0 Å². The Morgan fingerprint density at radius 1 is 1.41 bits per heavy atom. The van der Waals surface area contributed by atoms with Crippen LogP contribution in [-0.4, -0.2) is 6.10 Å². The minimum atomic E-state index is 0.334. The van der Waals surface area contributed by atoms with Gasteiger partial charge < -0.3 is 4.74 Å². The molecule has 0 amide bonds. The van der Waals surface area contributed by atoms with Crippen molar-refractivity contribution in [3.63, 3.8) is 0 Å². The Morgan fingerprint density at radius 3 is 3.00 bits per heavy atom. The largest absolute Gasteiger partial charge is 0.489 e. The van der Waals surface area contributed by atoms with Crippen LogP contribution in [0.3, 0.4) is 0 Å². The first kappa shape index (κ1) is 13.2. The summed E-state index contributed by atoms with van der Waals surface area (Å²) in [7, 11) is 0. The lowest BCUT2D eigenvalue weighted by Gasteiger charge is -2.29. The van der Waals surface area contributed by atoms with Gasteiger partial charge in [0.05, 0.1) is 11.1 Å². The van der Waals surface area contributed by atoms with E-state index in [-0.39, 0.29) is 0 Å². The van der Waals surface area contributed by atoms with Crippen LogP contribution in [0.15, 0.2) is 22.7 Å². The van der Waals surface area contributed by atoms with E-state index in [0.717, 1.165) is 22.6 Å². The first-order valence-corrected chi connectivity index (χ1v) is 7.48. The van der Waals surface area contributed by atoms with Crippen LogP contribution in [0.5, 0.6) is 5.75 Å². The second kappa shape index (κ2) is 6.10. The average molecular weight is 318 g/mol. The standard InChI is InChI=1S/C14H18BrClO/c1-2-10-4-3-5-12(8-10)17-14-9-11(15)6-7-13(14)16/h6-7,9-10,12H,2-5,8H2,1H3. The molecule has 1 aromatic carbocycles. The molecule has 1 aliphatic rings. The molecule has 0 heterocycles. The third kappa shape index (κ3) is 3.62. The minimum Gasteiger partial charge on any atom is -0.489 e. The quantitative estimate of drug-likeness (QED) is 0.720. The summed E-state index contributed by atoms with van der Waals surface area (Å²) >= 11 is 9.59. The Labute approximate surface area is 117 Å². The summed E-state index contributed by atoms with van der Waals surface area (Å²) in [6.45, 7) is 2.26. The number of rotatable bonds is 3. The van der Waals surface area contributed by atoms with Crippen LogP contribution in [-0.2, 0) is 0 Å². The lowest BCUT2D eigenvalue weighted by Crippen LogP contribution is -2.25. The molecule has 0 bridgehead atoms. The summed E-state index contributed by atoms with van der Waals surface area (Å²) in [5.74, 6) is 1.63. The van der Waals surface area contributed by atoms with Crippen LogP contribution in [0.2, 0.25) is 5.02 Å². The second-order valence-corrected chi connectivity index (χ2v) is 6.08. The van der Waals surface area contributed by atoms with Crippen molar-refractivity contribution in [2.24, 2.45) is 5.92 Å². The smallest absolute Gasteiger partial charge is 0.139 e. The van der Waals surface area contributed by atoms with Gasteiger partial charge in [0, 0.05) is 4.47 Å². The highest BCUT2D eigenvalue weighted by atomic mass is 79.9. The van der Waals surface area contributed by atoms with Crippen molar-refractivity contribution >= 4 is 27.5 Å². The maximum Gasteiger partial charge on any atom is 0.139 e. The highest BCUT2D eigenvalue weighted by Gasteiger charge is 2.22. The Hall–Kier alpha value is -0.210. The van der Waals surface area contributed by atoms with E-state index >= 15 is 0 Å². The third-order valence-corrected chi connectivity index (χ3v) is 4.30. The van der Waals surface area contributed by atoms with Crippen molar-refractivity contribution in [3.05, 3.63) is 27.7 Å². The van der Waals surface area contributed by atoms with E-state index in [2.05, 4.69) is 22.9 Å². The molecule has 1 saturated carbocycles. The van der Waals surface area contributed by atoms with Gasteiger partial charge in [-0.1, -0.05) is 47.3 Å². The molecule has 1 fully saturated rings. The molecule has 3 heteroatoms. The first-order chi connectivity index (χ1) is 8.19. The number of halogens is 2. The number of hydrogen-bond acceptors (Lipinski definition) is 1. The van der Waals surface area contributed by atoms with Crippen molar-refractivity contribution in [2.45, 2.75) is 45.1 Å². The maximum atomic E-state index is 6.14. The Morgan fingerprint density at radius 2 is 2.24 bits per heavy atom. The summed E-state index contributed by atoms with van der Waals surface area (Å²) in [4.78, 5) is 0. The first-order valence-electron chi connectivity index (χ1n) is 6.30. The van der Waals surface area contributed by atoms with Crippen molar-refractivity contribution in [1.82, 2.24) is 0 Å². The van der Waals surface area contributed by atoms with Gasteiger partial charge in [0.15, 0.2) is 0 Å². The molecule has 2 atom stereocenters. The molecule has 17 heavy (non-hydrogen) atoms. The van der Waals surface area contributed by atoms with Crippen molar-refractivity contribution in [3.8, 4) is 5.75 Å². The van der Waals surface area contributed by atoms with Gasteiger partial charge >= 0.3 is 0 Å². The molecule has 0 N–H and O–H groups in total. The average Bonchev–Trinajstić information content (AvgIpc) is 2.34. The van der Waals surface area contributed by atoms with Gasteiger partial charge in [-0.25, -0.2) is 0 Å². The van der Waals surface area contributed by atoms with Crippen LogP contribution in [0.25, 0.3) is 0 Å². The highest BCUT2D eigenvalue weighted by molar-refractivity contribution is 9.10. The third-order valence-electron chi connectivity index (χ3n) is 3.50. The maximum absolute atomic E-state index is 6.14. The molecule has 1 aromatic rings. The van der Waals surface area contributed by atoms with E-state index in [4.69, 9.17) is 16.3 Å². The molecule has 2 rings (SSSR count). The van der Waals surface area contributed by atoms with E-state index in [1.54, 1.807) is 0 Å². The molecule has 0 saturated heterocycles. The van der Waals surface area contributed by atoms with E-state index in [0.29, 0.717) is 11.1 Å². The summed E-state index contributed by atoms with van der Waals surface area (Å²) in [6, 6.07) is 5.77. The summed E-state index contributed by atoms with van der Waals surface area (Å²) < 4.78 is 7.05. The fourth-order valence-corrected chi connectivity index (χ4v) is 2.97.